The van der Waals surface area contributed by atoms with E-state index in [0.29, 0.717) is 5.56 Å². The minimum Gasteiger partial charge on any atom is -0.322 e. The van der Waals surface area contributed by atoms with E-state index in [1.165, 1.54) is 36.0 Å². The van der Waals surface area contributed by atoms with Crippen LogP contribution in [0, 0.1) is 0 Å². The smallest absolute Gasteiger partial charge is 0.255 e. The lowest BCUT2D eigenvalue weighted by Gasteiger charge is -2.27. The van der Waals surface area contributed by atoms with Crippen molar-refractivity contribution in [2.45, 2.75) is 25.8 Å². The van der Waals surface area contributed by atoms with Crippen molar-refractivity contribution in [3.63, 3.8) is 0 Å². The summed E-state index contributed by atoms with van der Waals surface area (Å²) in [5.41, 5.74) is 7.79. The van der Waals surface area contributed by atoms with Gasteiger partial charge in [-0.1, -0.05) is 42.8 Å². The minimum absolute atomic E-state index is 0. The molecule has 0 unspecified atom stereocenters. The highest BCUT2D eigenvalue weighted by Crippen LogP contribution is 2.28. The van der Waals surface area contributed by atoms with Gasteiger partial charge in [-0.15, -0.1) is 23.7 Å². The predicted octanol–water partition coefficient (Wildman–Crippen LogP) is 6.62. The van der Waals surface area contributed by atoms with Gasteiger partial charge in [0.05, 0.1) is 15.7 Å². The number of halogens is 1. The Hall–Kier alpha value is -2.73. The number of piperidine rings is 1. The Morgan fingerprint density at radius 1 is 0.969 bits per heavy atom. The van der Waals surface area contributed by atoms with Gasteiger partial charge in [0.2, 0.25) is 0 Å². The Bertz CT molecular complexity index is 1200. The lowest BCUT2D eigenvalue weighted by molar-refractivity contribution is 0.102. The van der Waals surface area contributed by atoms with Crippen molar-refractivity contribution in [1.82, 2.24) is 9.88 Å². The second kappa shape index (κ2) is 10.3. The highest BCUT2D eigenvalue weighted by molar-refractivity contribution is 7.16. The highest BCUT2D eigenvalue weighted by atomic mass is 35.5. The number of carbonyl (C=O) groups excluding carboxylic acids is 1. The van der Waals surface area contributed by atoms with Crippen molar-refractivity contribution in [3.8, 4) is 11.1 Å². The Labute approximate surface area is 198 Å². The largest absolute Gasteiger partial charge is 0.322 e. The summed E-state index contributed by atoms with van der Waals surface area (Å²) in [5, 5.41) is 3.04. The van der Waals surface area contributed by atoms with Gasteiger partial charge in [0.15, 0.2) is 0 Å². The number of carbonyl (C=O) groups is 1. The monoisotopic (exact) mass is 463 g/mol. The van der Waals surface area contributed by atoms with E-state index in [0.717, 1.165) is 35.5 Å². The van der Waals surface area contributed by atoms with E-state index < -0.39 is 0 Å². The van der Waals surface area contributed by atoms with Crippen LogP contribution < -0.4 is 5.32 Å². The maximum absolute atomic E-state index is 13.0. The van der Waals surface area contributed by atoms with Crippen molar-refractivity contribution < 1.29 is 4.79 Å². The number of benzene rings is 3. The van der Waals surface area contributed by atoms with Crippen LogP contribution in [0.1, 0.15) is 35.2 Å². The van der Waals surface area contributed by atoms with Gasteiger partial charge in [-0.2, -0.15) is 0 Å². The Morgan fingerprint density at radius 2 is 1.78 bits per heavy atom. The van der Waals surface area contributed by atoms with Crippen LogP contribution in [-0.4, -0.2) is 28.9 Å². The van der Waals surface area contributed by atoms with Crippen LogP contribution in [0.25, 0.3) is 21.3 Å². The maximum Gasteiger partial charge on any atom is 0.255 e. The van der Waals surface area contributed by atoms with Crippen molar-refractivity contribution in [2.75, 3.05) is 18.4 Å². The molecule has 1 aromatic heterocycles. The fourth-order valence-corrected chi connectivity index (χ4v) is 4.92. The molecule has 0 aliphatic carbocycles. The molecule has 164 valence electrons. The van der Waals surface area contributed by atoms with Gasteiger partial charge in [-0.25, -0.2) is 4.98 Å². The number of nitrogens with one attached hydrogen (secondary N) is 1. The quantitative estimate of drug-likeness (QED) is 0.361. The number of anilines is 1. The summed E-state index contributed by atoms with van der Waals surface area (Å²) in [6.45, 7) is 3.12. The van der Waals surface area contributed by atoms with Crippen LogP contribution in [0.5, 0.6) is 0 Å². The molecule has 1 fully saturated rings. The van der Waals surface area contributed by atoms with E-state index in [9.17, 15) is 4.79 Å². The first-order valence-electron chi connectivity index (χ1n) is 10.8. The van der Waals surface area contributed by atoms with E-state index in [-0.39, 0.29) is 18.3 Å². The molecule has 4 aromatic rings. The van der Waals surface area contributed by atoms with Gasteiger partial charge in [-0.3, -0.25) is 9.69 Å². The number of hydrogen-bond acceptors (Lipinski definition) is 4. The van der Waals surface area contributed by atoms with Gasteiger partial charge in [0.1, 0.15) is 0 Å². The first kappa shape index (κ1) is 22.5. The fraction of sp³-hybridized carbons (Fsp3) is 0.231. The Morgan fingerprint density at radius 3 is 2.59 bits per heavy atom. The van der Waals surface area contributed by atoms with Gasteiger partial charge >= 0.3 is 0 Å². The molecule has 1 aliphatic heterocycles. The number of likely N-dealkylation sites (tertiary alicyclic amines) is 1. The van der Waals surface area contributed by atoms with E-state index in [4.69, 9.17) is 0 Å². The molecule has 6 heteroatoms. The molecular weight excluding hydrogens is 438 g/mol. The van der Waals surface area contributed by atoms with Crippen molar-refractivity contribution >= 4 is 45.6 Å². The standard InChI is InChI=1S/C26H25N3OS.ClH/c30-26(28-22-10-12-25-24(16-22)27-18-31-25)20-9-11-23(19-7-3-1-4-8-19)21(15-20)17-29-13-5-2-6-14-29;/h1,3-4,7-12,15-16,18H,2,5-6,13-14,17H2,(H,28,30);1H. The third-order valence-corrected chi connectivity index (χ3v) is 6.69. The second-order valence-electron chi connectivity index (χ2n) is 8.06. The molecule has 0 bridgehead atoms. The molecule has 1 N–H and O–H groups in total. The van der Waals surface area contributed by atoms with Crippen LogP contribution in [0.15, 0.2) is 72.2 Å². The number of fused-ring (bicyclic) bond motifs is 1. The summed E-state index contributed by atoms with van der Waals surface area (Å²) < 4.78 is 1.12. The number of amides is 1. The molecule has 3 aromatic carbocycles. The number of thiazole rings is 1. The summed E-state index contributed by atoms with van der Waals surface area (Å²) in [6.07, 6.45) is 3.81. The summed E-state index contributed by atoms with van der Waals surface area (Å²) in [6, 6.07) is 22.4. The van der Waals surface area contributed by atoms with Crippen LogP contribution >= 0.6 is 23.7 Å². The van der Waals surface area contributed by atoms with Crippen LogP contribution in [-0.2, 0) is 6.54 Å². The second-order valence-corrected chi connectivity index (χ2v) is 8.95. The Balaban J connectivity index is 0.00000245. The number of nitrogens with zero attached hydrogens (tertiary/aromatic N) is 2. The zero-order valence-electron chi connectivity index (χ0n) is 17.8. The third-order valence-electron chi connectivity index (χ3n) is 5.88. The third kappa shape index (κ3) is 5.01. The first-order valence-corrected chi connectivity index (χ1v) is 11.7. The van der Waals surface area contributed by atoms with Crippen molar-refractivity contribution in [1.29, 1.82) is 0 Å². The molecule has 5 rings (SSSR count). The van der Waals surface area contributed by atoms with Crippen molar-refractivity contribution in [2.24, 2.45) is 0 Å². The normalized spacial score (nSPS) is 14.1. The van der Waals surface area contributed by atoms with E-state index in [1.54, 1.807) is 11.3 Å². The SMILES string of the molecule is Cl.O=C(Nc1ccc2scnc2c1)c1ccc(-c2ccccc2)c(CN2CCCCC2)c1. The topological polar surface area (TPSA) is 45.2 Å². The molecule has 2 heterocycles. The van der Waals surface area contributed by atoms with Gasteiger partial charge in [0, 0.05) is 17.8 Å². The minimum atomic E-state index is -0.0888. The summed E-state index contributed by atoms with van der Waals surface area (Å²) >= 11 is 1.60. The summed E-state index contributed by atoms with van der Waals surface area (Å²) in [5.74, 6) is -0.0888. The molecule has 0 radical (unpaired) electrons. The lowest BCUT2D eigenvalue weighted by Crippen LogP contribution is -2.29. The molecule has 0 atom stereocenters. The summed E-state index contributed by atoms with van der Waals surface area (Å²) in [4.78, 5) is 19.9. The van der Waals surface area contributed by atoms with Crippen LogP contribution in [0.3, 0.4) is 0 Å². The number of rotatable bonds is 5. The zero-order chi connectivity index (χ0) is 21.0. The zero-order valence-corrected chi connectivity index (χ0v) is 19.4. The fourth-order valence-electron chi connectivity index (χ4n) is 4.26. The molecule has 0 saturated carbocycles. The molecule has 1 amide bonds. The van der Waals surface area contributed by atoms with E-state index >= 15 is 0 Å². The average molecular weight is 464 g/mol. The van der Waals surface area contributed by atoms with E-state index in [2.05, 4.69) is 51.6 Å². The molecule has 1 saturated heterocycles. The average Bonchev–Trinajstić information content (AvgIpc) is 3.28. The highest BCUT2D eigenvalue weighted by Gasteiger charge is 2.16. The first-order chi connectivity index (χ1) is 15.3. The molecule has 4 nitrogen and oxygen atoms in total. The maximum atomic E-state index is 13.0. The van der Waals surface area contributed by atoms with Crippen LogP contribution in [0.2, 0.25) is 0 Å². The van der Waals surface area contributed by atoms with Gasteiger partial charge in [0.25, 0.3) is 5.91 Å². The molecular formula is C26H26ClN3OS. The van der Waals surface area contributed by atoms with Gasteiger partial charge < -0.3 is 5.32 Å². The molecule has 32 heavy (non-hydrogen) atoms. The molecule has 0 spiro atoms. The number of hydrogen-bond donors (Lipinski definition) is 1. The summed E-state index contributed by atoms with van der Waals surface area (Å²) in [7, 11) is 0. The van der Waals surface area contributed by atoms with Crippen LogP contribution in [0.4, 0.5) is 5.69 Å². The van der Waals surface area contributed by atoms with Crippen molar-refractivity contribution in [3.05, 3.63) is 83.4 Å². The predicted molar refractivity (Wildman–Crippen MR) is 136 cm³/mol. The number of aromatic nitrogens is 1. The molecule has 1 aliphatic rings. The Kier molecular flexibility index (Phi) is 7.20. The van der Waals surface area contributed by atoms with Gasteiger partial charge in [-0.05, 0) is 73.0 Å². The lowest BCUT2D eigenvalue weighted by atomic mass is 9.96. The van der Waals surface area contributed by atoms with E-state index in [1.807, 2.05) is 35.8 Å².